The quantitative estimate of drug-likeness (QED) is 0.824. The van der Waals surface area contributed by atoms with Crippen LogP contribution in [0.3, 0.4) is 0 Å². The molecule has 3 aliphatic heterocycles. The minimum absolute atomic E-state index is 0.0944. The fourth-order valence-electron chi connectivity index (χ4n) is 4.12. The minimum atomic E-state index is -0.540. The maximum atomic E-state index is 12.7. The van der Waals surface area contributed by atoms with Crippen LogP contribution in [0.4, 0.5) is 0 Å². The molecule has 0 saturated carbocycles. The first-order valence-electron chi connectivity index (χ1n) is 7.98. The Bertz CT molecular complexity index is 603. The van der Waals surface area contributed by atoms with Crippen molar-refractivity contribution < 1.29 is 14.3 Å². The van der Waals surface area contributed by atoms with E-state index in [0.29, 0.717) is 26.0 Å². The first kappa shape index (κ1) is 13.8. The Balaban J connectivity index is 1.55. The summed E-state index contributed by atoms with van der Waals surface area (Å²) in [7, 11) is 0. The van der Waals surface area contributed by atoms with Crippen LogP contribution >= 0.6 is 0 Å². The predicted octanol–water partition coefficient (Wildman–Crippen LogP) is 1.18. The van der Waals surface area contributed by atoms with Gasteiger partial charge < -0.3 is 14.5 Å². The molecular weight excluding hydrogens is 280 g/mol. The summed E-state index contributed by atoms with van der Waals surface area (Å²) in [4.78, 5) is 28.7. The molecule has 3 saturated heterocycles. The number of nitrogens with zero attached hydrogens (tertiary/aromatic N) is 2. The van der Waals surface area contributed by atoms with Crippen molar-refractivity contribution in [3.63, 3.8) is 0 Å². The Labute approximate surface area is 129 Å². The maximum Gasteiger partial charge on any atom is 0.227 e. The van der Waals surface area contributed by atoms with Crippen LogP contribution in [0.5, 0.6) is 0 Å². The number of hydrogen-bond acceptors (Lipinski definition) is 3. The lowest BCUT2D eigenvalue weighted by atomic mass is 10.0. The zero-order chi connectivity index (χ0) is 15.2. The number of ether oxygens (including phenoxy) is 1. The van der Waals surface area contributed by atoms with Crippen LogP contribution in [0, 0.1) is 0 Å². The SMILES string of the molecule is O=C(Cc1ccccc1)N1CC[C@@]23OCCCN2C(=O)C[C@@H]13. The van der Waals surface area contributed by atoms with Crippen molar-refractivity contribution in [2.45, 2.75) is 37.5 Å². The first-order valence-corrected chi connectivity index (χ1v) is 7.98. The predicted molar refractivity (Wildman–Crippen MR) is 79.9 cm³/mol. The van der Waals surface area contributed by atoms with E-state index in [9.17, 15) is 9.59 Å². The molecule has 2 atom stereocenters. The van der Waals surface area contributed by atoms with Gasteiger partial charge >= 0.3 is 0 Å². The lowest BCUT2D eigenvalue weighted by Crippen LogP contribution is -2.56. The number of hydrogen-bond donors (Lipinski definition) is 0. The average Bonchev–Trinajstić information content (AvgIpc) is 3.01. The van der Waals surface area contributed by atoms with Gasteiger partial charge in [0.1, 0.15) is 0 Å². The monoisotopic (exact) mass is 300 g/mol. The Morgan fingerprint density at radius 3 is 2.91 bits per heavy atom. The molecule has 4 rings (SSSR count). The molecule has 1 aromatic rings. The molecule has 0 aromatic heterocycles. The van der Waals surface area contributed by atoms with E-state index in [1.165, 1.54) is 0 Å². The van der Waals surface area contributed by atoms with E-state index >= 15 is 0 Å². The number of amides is 2. The Hall–Kier alpha value is -1.88. The Morgan fingerprint density at radius 2 is 2.09 bits per heavy atom. The van der Waals surface area contributed by atoms with Gasteiger partial charge in [-0.2, -0.15) is 0 Å². The highest BCUT2D eigenvalue weighted by Crippen LogP contribution is 2.44. The average molecular weight is 300 g/mol. The van der Waals surface area contributed by atoms with Crippen LogP contribution in [0.2, 0.25) is 0 Å². The summed E-state index contributed by atoms with van der Waals surface area (Å²) in [6, 6.07) is 9.65. The number of carbonyl (C=O) groups excluding carboxylic acids is 2. The second kappa shape index (κ2) is 5.09. The molecule has 0 bridgehead atoms. The molecule has 116 valence electrons. The van der Waals surface area contributed by atoms with E-state index in [1.807, 2.05) is 40.1 Å². The summed E-state index contributed by atoms with van der Waals surface area (Å²) in [5, 5.41) is 0. The van der Waals surface area contributed by atoms with Gasteiger partial charge in [-0.1, -0.05) is 30.3 Å². The van der Waals surface area contributed by atoms with Crippen LogP contribution < -0.4 is 0 Å². The minimum Gasteiger partial charge on any atom is -0.353 e. The summed E-state index contributed by atoms with van der Waals surface area (Å²) in [6.45, 7) is 2.12. The summed E-state index contributed by atoms with van der Waals surface area (Å²) in [5.74, 6) is 0.221. The van der Waals surface area contributed by atoms with Crippen molar-refractivity contribution in [3.8, 4) is 0 Å². The van der Waals surface area contributed by atoms with Gasteiger partial charge in [0.25, 0.3) is 0 Å². The lowest BCUT2D eigenvalue weighted by molar-refractivity contribution is -0.181. The van der Waals surface area contributed by atoms with Crippen LogP contribution in [0.1, 0.15) is 24.8 Å². The van der Waals surface area contributed by atoms with Gasteiger partial charge in [-0.25, -0.2) is 0 Å². The second-order valence-electron chi connectivity index (χ2n) is 6.31. The molecule has 5 heteroatoms. The normalized spacial score (nSPS) is 30.4. The van der Waals surface area contributed by atoms with Crippen molar-refractivity contribution in [2.24, 2.45) is 0 Å². The van der Waals surface area contributed by atoms with E-state index in [1.54, 1.807) is 0 Å². The first-order chi connectivity index (χ1) is 10.7. The van der Waals surface area contributed by atoms with E-state index in [2.05, 4.69) is 0 Å². The van der Waals surface area contributed by atoms with Crippen molar-refractivity contribution in [3.05, 3.63) is 35.9 Å². The lowest BCUT2D eigenvalue weighted by Gasteiger charge is -2.42. The van der Waals surface area contributed by atoms with Crippen LogP contribution in [0.15, 0.2) is 30.3 Å². The molecule has 0 N–H and O–H groups in total. The Morgan fingerprint density at radius 1 is 1.27 bits per heavy atom. The molecule has 2 amide bonds. The van der Waals surface area contributed by atoms with E-state index in [0.717, 1.165) is 24.9 Å². The molecule has 0 unspecified atom stereocenters. The van der Waals surface area contributed by atoms with E-state index in [4.69, 9.17) is 4.74 Å². The van der Waals surface area contributed by atoms with Gasteiger partial charge in [0.2, 0.25) is 11.8 Å². The van der Waals surface area contributed by atoms with Gasteiger partial charge in [-0.3, -0.25) is 9.59 Å². The maximum absolute atomic E-state index is 12.7. The molecule has 1 spiro atoms. The molecule has 3 fully saturated rings. The number of benzene rings is 1. The summed E-state index contributed by atoms with van der Waals surface area (Å²) in [6.07, 6.45) is 2.42. The van der Waals surface area contributed by atoms with Crippen LogP contribution in [0.25, 0.3) is 0 Å². The molecule has 22 heavy (non-hydrogen) atoms. The largest absolute Gasteiger partial charge is 0.353 e. The number of rotatable bonds is 2. The highest BCUT2D eigenvalue weighted by atomic mass is 16.5. The summed E-state index contributed by atoms with van der Waals surface area (Å²) < 4.78 is 6.03. The smallest absolute Gasteiger partial charge is 0.227 e. The molecule has 3 aliphatic rings. The van der Waals surface area contributed by atoms with Gasteiger partial charge in [-0.05, 0) is 12.0 Å². The van der Waals surface area contributed by atoms with Gasteiger partial charge in [-0.15, -0.1) is 0 Å². The third-order valence-electron chi connectivity index (χ3n) is 5.13. The van der Waals surface area contributed by atoms with Crippen molar-refractivity contribution in [1.82, 2.24) is 9.80 Å². The molecular formula is C17H20N2O3. The standard InChI is InChI=1S/C17H20N2O3/c20-15(11-13-5-2-1-3-6-13)18-9-7-17-14(18)12-16(21)19(17)8-4-10-22-17/h1-3,5-6,14H,4,7-12H2/t14-,17+/m1/s1. The van der Waals surface area contributed by atoms with E-state index < -0.39 is 5.72 Å². The second-order valence-corrected chi connectivity index (χ2v) is 6.31. The van der Waals surface area contributed by atoms with Gasteiger partial charge in [0, 0.05) is 19.5 Å². The highest BCUT2D eigenvalue weighted by Gasteiger charge is 2.61. The highest BCUT2D eigenvalue weighted by molar-refractivity contribution is 5.85. The van der Waals surface area contributed by atoms with Gasteiger partial charge in [0.05, 0.1) is 25.5 Å². The summed E-state index contributed by atoms with van der Waals surface area (Å²) >= 11 is 0. The van der Waals surface area contributed by atoms with Crippen LogP contribution in [-0.4, -0.2) is 53.1 Å². The molecule has 0 aliphatic carbocycles. The van der Waals surface area contributed by atoms with Crippen LogP contribution in [-0.2, 0) is 20.7 Å². The van der Waals surface area contributed by atoms with Gasteiger partial charge in [0.15, 0.2) is 5.72 Å². The molecule has 3 heterocycles. The zero-order valence-electron chi connectivity index (χ0n) is 12.5. The number of likely N-dealkylation sites (tertiary alicyclic amines) is 1. The third-order valence-corrected chi connectivity index (χ3v) is 5.13. The van der Waals surface area contributed by atoms with E-state index in [-0.39, 0.29) is 17.9 Å². The summed E-state index contributed by atoms with van der Waals surface area (Å²) in [5.41, 5.74) is 0.473. The Kier molecular flexibility index (Phi) is 3.18. The molecule has 1 aromatic carbocycles. The van der Waals surface area contributed by atoms with Crippen molar-refractivity contribution in [2.75, 3.05) is 19.7 Å². The van der Waals surface area contributed by atoms with Crippen molar-refractivity contribution >= 4 is 11.8 Å². The van der Waals surface area contributed by atoms with Crippen molar-refractivity contribution in [1.29, 1.82) is 0 Å². The zero-order valence-corrected chi connectivity index (χ0v) is 12.5. The molecule has 0 radical (unpaired) electrons. The third kappa shape index (κ3) is 1.96. The topological polar surface area (TPSA) is 49.9 Å². The fourth-order valence-corrected chi connectivity index (χ4v) is 4.12. The fraction of sp³-hybridized carbons (Fsp3) is 0.529. The molecule has 5 nitrogen and oxygen atoms in total. The number of carbonyl (C=O) groups is 2.